The normalized spacial score (nSPS) is 14.1. The van der Waals surface area contributed by atoms with E-state index in [9.17, 15) is 9.59 Å². The van der Waals surface area contributed by atoms with E-state index < -0.39 is 0 Å². The van der Waals surface area contributed by atoms with Crippen LogP contribution in [0.5, 0.6) is 5.75 Å². The molecule has 0 atom stereocenters. The quantitative estimate of drug-likeness (QED) is 0.556. The van der Waals surface area contributed by atoms with Crippen molar-refractivity contribution < 1.29 is 14.3 Å². The fraction of sp³-hybridized carbons (Fsp3) is 0.167. The summed E-state index contributed by atoms with van der Waals surface area (Å²) in [6.45, 7) is 5.89. The van der Waals surface area contributed by atoms with Gasteiger partial charge >= 0.3 is 0 Å². The van der Waals surface area contributed by atoms with Crippen molar-refractivity contribution in [2.75, 3.05) is 10.2 Å². The molecule has 1 aliphatic rings. The zero-order valence-electron chi connectivity index (χ0n) is 17.0. The summed E-state index contributed by atoms with van der Waals surface area (Å²) in [5.41, 5.74) is 2.99. The van der Waals surface area contributed by atoms with E-state index >= 15 is 0 Å². The second-order valence-corrected chi connectivity index (χ2v) is 8.27. The number of rotatable bonds is 6. The maximum absolute atomic E-state index is 13.3. The number of imide groups is 1. The van der Waals surface area contributed by atoms with E-state index in [2.05, 4.69) is 5.32 Å². The molecule has 0 bridgehead atoms. The molecule has 2 aromatic carbocycles. The van der Waals surface area contributed by atoms with Crippen LogP contribution in [0.2, 0.25) is 0 Å². The number of amides is 2. The Bertz CT molecular complexity index is 1100. The Labute approximate surface area is 179 Å². The maximum atomic E-state index is 13.3. The minimum absolute atomic E-state index is 0.0778. The Hall–Kier alpha value is -3.38. The van der Waals surface area contributed by atoms with Crippen LogP contribution in [0.25, 0.3) is 5.57 Å². The van der Waals surface area contributed by atoms with Gasteiger partial charge in [-0.15, -0.1) is 11.3 Å². The number of ether oxygens (including phenoxy) is 1. The van der Waals surface area contributed by atoms with Crippen LogP contribution < -0.4 is 15.0 Å². The fourth-order valence-corrected chi connectivity index (χ4v) is 4.02. The number of benzene rings is 2. The number of carbonyl (C=O) groups excluding carboxylic acids is 2. The second kappa shape index (κ2) is 8.16. The molecular weight excluding hydrogens is 396 g/mol. The van der Waals surface area contributed by atoms with Gasteiger partial charge in [-0.25, -0.2) is 4.90 Å². The molecule has 6 heteroatoms. The molecule has 2 amide bonds. The van der Waals surface area contributed by atoms with Crippen LogP contribution in [-0.4, -0.2) is 17.9 Å². The molecule has 0 aliphatic carbocycles. The number of anilines is 2. The van der Waals surface area contributed by atoms with E-state index in [1.54, 1.807) is 12.1 Å². The lowest BCUT2D eigenvalue weighted by atomic mass is 10.1. The van der Waals surface area contributed by atoms with Crippen molar-refractivity contribution in [1.29, 1.82) is 0 Å². The Morgan fingerprint density at radius 1 is 0.933 bits per heavy atom. The molecule has 152 valence electrons. The summed E-state index contributed by atoms with van der Waals surface area (Å²) in [6, 6.07) is 18.4. The average molecular weight is 419 g/mol. The first-order valence-electron chi connectivity index (χ1n) is 9.71. The van der Waals surface area contributed by atoms with Gasteiger partial charge in [-0.2, -0.15) is 0 Å². The molecule has 0 saturated heterocycles. The van der Waals surface area contributed by atoms with Gasteiger partial charge in [0, 0.05) is 10.6 Å². The average Bonchev–Trinajstić information content (AvgIpc) is 3.31. The van der Waals surface area contributed by atoms with Gasteiger partial charge in [0.25, 0.3) is 11.8 Å². The summed E-state index contributed by atoms with van der Waals surface area (Å²) >= 11 is 1.43. The molecule has 0 spiro atoms. The van der Waals surface area contributed by atoms with Crippen LogP contribution >= 0.6 is 11.3 Å². The molecule has 0 radical (unpaired) electrons. The SMILES string of the molecule is Cc1ccc(N2C(=O)C(Nc3ccc(OC(C)C)cc3)=C(c3cccs3)C2=O)cc1. The van der Waals surface area contributed by atoms with Crippen molar-refractivity contribution in [3.05, 3.63) is 82.2 Å². The number of nitrogens with zero attached hydrogens (tertiary/aromatic N) is 1. The third-order valence-corrected chi connectivity index (χ3v) is 5.53. The lowest BCUT2D eigenvalue weighted by Gasteiger charge is -2.15. The zero-order chi connectivity index (χ0) is 21.3. The molecule has 5 nitrogen and oxygen atoms in total. The Morgan fingerprint density at radius 2 is 1.63 bits per heavy atom. The molecule has 30 heavy (non-hydrogen) atoms. The second-order valence-electron chi connectivity index (χ2n) is 7.32. The van der Waals surface area contributed by atoms with Crippen LogP contribution in [-0.2, 0) is 9.59 Å². The van der Waals surface area contributed by atoms with Crippen LogP contribution in [0.15, 0.2) is 71.7 Å². The van der Waals surface area contributed by atoms with E-state index in [1.807, 2.05) is 74.7 Å². The highest BCUT2D eigenvalue weighted by atomic mass is 32.1. The van der Waals surface area contributed by atoms with Gasteiger partial charge in [0.1, 0.15) is 11.4 Å². The molecule has 0 saturated carbocycles. The minimum Gasteiger partial charge on any atom is -0.491 e. The van der Waals surface area contributed by atoms with Gasteiger partial charge in [0.15, 0.2) is 0 Å². The van der Waals surface area contributed by atoms with Gasteiger partial charge in [-0.1, -0.05) is 23.8 Å². The third-order valence-electron chi connectivity index (χ3n) is 4.64. The van der Waals surface area contributed by atoms with Crippen molar-refractivity contribution in [3.63, 3.8) is 0 Å². The maximum Gasteiger partial charge on any atom is 0.282 e. The number of nitrogens with one attached hydrogen (secondary N) is 1. The van der Waals surface area contributed by atoms with Gasteiger partial charge in [-0.3, -0.25) is 9.59 Å². The molecular formula is C24H22N2O3S. The summed E-state index contributed by atoms with van der Waals surface area (Å²) in [5.74, 6) is 0.0569. The summed E-state index contributed by atoms with van der Waals surface area (Å²) in [5, 5.41) is 5.06. The van der Waals surface area contributed by atoms with E-state index in [4.69, 9.17) is 4.74 Å². The molecule has 0 fully saturated rings. The van der Waals surface area contributed by atoms with Crippen molar-refractivity contribution >= 4 is 40.1 Å². The smallest absolute Gasteiger partial charge is 0.282 e. The molecule has 1 aliphatic heterocycles. The first-order chi connectivity index (χ1) is 14.4. The van der Waals surface area contributed by atoms with E-state index in [0.29, 0.717) is 16.9 Å². The van der Waals surface area contributed by atoms with Gasteiger partial charge in [0.05, 0.1) is 17.4 Å². The van der Waals surface area contributed by atoms with Crippen molar-refractivity contribution in [3.8, 4) is 5.75 Å². The van der Waals surface area contributed by atoms with Gasteiger partial charge in [0.2, 0.25) is 0 Å². The van der Waals surface area contributed by atoms with Crippen molar-refractivity contribution in [2.45, 2.75) is 26.9 Å². The highest BCUT2D eigenvalue weighted by Crippen LogP contribution is 2.35. The summed E-state index contributed by atoms with van der Waals surface area (Å²) < 4.78 is 5.67. The predicted octanol–water partition coefficient (Wildman–Crippen LogP) is 5.24. The Morgan fingerprint density at radius 3 is 2.23 bits per heavy atom. The third kappa shape index (κ3) is 3.86. The van der Waals surface area contributed by atoms with Crippen molar-refractivity contribution in [2.24, 2.45) is 0 Å². The number of aryl methyl sites for hydroxylation is 1. The molecule has 3 aromatic rings. The molecule has 2 heterocycles. The monoisotopic (exact) mass is 418 g/mol. The van der Waals surface area contributed by atoms with Crippen LogP contribution in [0, 0.1) is 6.92 Å². The lowest BCUT2D eigenvalue weighted by molar-refractivity contribution is -0.120. The van der Waals surface area contributed by atoms with Crippen LogP contribution in [0.3, 0.4) is 0 Å². The Balaban J connectivity index is 1.69. The summed E-state index contributed by atoms with van der Waals surface area (Å²) in [7, 11) is 0. The number of thiophene rings is 1. The molecule has 4 rings (SSSR count). The van der Waals surface area contributed by atoms with E-state index in [-0.39, 0.29) is 23.6 Å². The first-order valence-corrected chi connectivity index (χ1v) is 10.6. The first kappa shape index (κ1) is 19.9. The van der Waals surface area contributed by atoms with Gasteiger partial charge in [-0.05, 0) is 68.6 Å². The minimum atomic E-state index is -0.366. The largest absolute Gasteiger partial charge is 0.491 e. The highest BCUT2D eigenvalue weighted by Gasteiger charge is 2.40. The van der Waals surface area contributed by atoms with Crippen LogP contribution in [0.4, 0.5) is 11.4 Å². The zero-order valence-corrected chi connectivity index (χ0v) is 17.8. The van der Waals surface area contributed by atoms with E-state index in [0.717, 1.165) is 16.2 Å². The molecule has 1 N–H and O–H groups in total. The standard InChI is InChI=1S/C24H22N2O3S/c1-15(2)29-19-12-8-17(9-13-19)25-22-21(20-5-4-14-30-20)23(27)26(24(22)28)18-10-6-16(3)7-11-18/h4-15,25H,1-3H3. The molecule has 1 aromatic heterocycles. The summed E-state index contributed by atoms with van der Waals surface area (Å²) in [6.07, 6.45) is 0.0778. The lowest BCUT2D eigenvalue weighted by Crippen LogP contribution is -2.32. The summed E-state index contributed by atoms with van der Waals surface area (Å²) in [4.78, 5) is 28.5. The van der Waals surface area contributed by atoms with Crippen molar-refractivity contribution in [1.82, 2.24) is 0 Å². The topological polar surface area (TPSA) is 58.6 Å². The fourth-order valence-electron chi connectivity index (χ4n) is 3.26. The predicted molar refractivity (Wildman–Crippen MR) is 121 cm³/mol. The van der Waals surface area contributed by atoms with Crippen LogP contribution in [0.1, 0.15) is 24.3 Å². The van der Waals surface area contributed by atoms with E-state index in [1.165, 1.54) is 16.2 Å². The van der Waals surface area contributed by atoms with Gasteiger partial charge < -0.3 is 10.1 Å². The number of hydrogen-bond acceptors (Lipinski definition) is 5. The number of carbonyl (C=O) groups is 2. The highest BCUT2D eigenvalue weighted by molar-refractivity contribution is 7.11. The Kier molecular flexibility index (Phi) is 5.42. The number of hydrogen-bond donors (Lipinski definition) is 1. The molecule has 0 unspecified atom stereocenters.